The van der Waals surface area contributed by atoms with Gasteiger partial charge in [-0.1, -0.05) is 6.07 Å². The Kier molecular flexibility index (Phi) is 5.25. The molecule has 4 rings (SSSR count). The van der Waals surface area contributed by atoms with Gasteiger partial charge in [0.25, 0.3) is 11.7 Å². The van der Waals surface area contributed by atoms with Crippen molar-refractivity contribution in [3.05, 3.63) is 58.7 Å². The Morgan fingerprint density at radius 3 is 2.72 bits per heavy atom. The number of piperidine rings is 1. The molecule has 0 spiro atoms. The lowest BCUT2D eigenvalue weighted by Crippen LogP contribution is -2.41. The third-order valence-electron chi connectivity index (χ3n) is 5.55. The molecule has 1 aliphatic heterocycles. The largest absolute Gasteiger partial charge is 0.336 e. The van der Waals surface area contributed by atoms with Gasteiger partial charge in [0.2, 0.25) is 5.82 Å². The van der Waals surface area contributed by atoms with E-state index in [1.54, 1.807) is 9.30 Å². The summed E-state index contributed by atoms with van der Waals surface area (Å²) in [7, 11) is 0. The number of rotatable bonds is 4. The van der Waals surface area contributed by atoms with Gasteiger partial charge in [0, 0.05) is 30.0 Å². The van der Waals surface area contributed by atoms with Crippen molar-refractivity contribution >= 4 is 11.7 Å². The Morgan fingerprint density at radius 1 is 1.21 bits per heavy atom. The number of hydrogen-bond donors (Lipinski definition) is 0. The van der Waals surface area contributed by atoms with Gasteiger partial charge in [0.05, 0.1) is 0 Å². The first-order valence-corrected chi connectivity index (χ1v) is 9.85. The van der Waals surface area contributed by atoms with Gasteiger partial charge in [-0.3, -0.25) is 9.20 Å². The summed E-state index contributed by atoms with van der Waals surface area (Å²) in [5.74, 6) is -0.357. The minimum Gasteiger partial charge on any atom is -0.336 e. The van der Waals surface area contributed by atoms with Crippen LogP contribution in [0.1, 0.15) is 46.8 Å². The van der Waals surface area contributed by atoms with Crippen LogP contribution in [0.3, 0.4) is 0 Å². The molecule has 3 heterocycles. The molecular formula is C21H23F2N5O. The fourth-order valence-corrected chi connectivity index (χ4v) is 4.11. The highest BCUT2D eigenvalue weighted by molar-refractivity contribution is 5.91. The minimum atomic E-state index is -0.512. The van der Waals surface area contributed by atoms with Crippen molar-refractivity contribution in [1.82, 2.24) is 24.5 Å². The highest BCUT2D eigenvalue weighted by atomic mass is 19.1. The Labute approximate surface area is 167 Å². The Morgan fingerprint density at radius 2 is 1.97 bits per heavy atom. The molecule has 0 saturated carbocycles. The second-order valence-corrected chi connectivity index (χ2v) is 7.70. The molecule has 1 aliphatic rings. The number of carbonyl (C=O) groups is 1. The molecule has 0 bridgehead atoms. The van der Waals surface area contributed by atoms with Gasteiger partial charge in [-0.15, -0.1) is 10.2 Å². The summed E-state index contributed by atoms with van der Waals surface area (Å²) < 4.78 is 29.4. The first kappa shape index (κ1) is 19.4. The molecule has 152 valence electrons. The lowest BCUT2D eigenvalue weighted by atomic mass is 9.91. The van der Waals surface area contributed by atoms with Crippen LogP contribution in [-0.2, 0) is 6.42 Å². The number of likely N-dealkylation sites (tertiary alicyclic amines) is 1. The molecule has 1 aromatic carbocycles. The van der Waals surface area contributed by atoms with E-state index in [0.29, 0.717) is 31.7 Å². The number of aromatic nitrogens is 4. The van der Waals surface area contributed by atoms with Gasteiger partial charge in [-0.2, -0.15) is 0 Å². The van der Waals surface area contributed by atoms with Crippen molar-refractivity contribution in [1.29, 1.82) is 0 Å². The predicted octanol–water partition coefficient (Wildman–Crippen LogP) is 3.50. The topological polar surface area (TPSA) is 63.4 Å². The molecule has 1 saturated heterocycles. The minimum absolute atomic E-state index is 0.122. The fourth-order valence-electron chi connectivity index (χ4n) is 4.11. The van der Waals surface area contributed by atoms with Crippen LogP contribution in [0.5, 0.6) is 0 Å². The average molecular weight is 399 g/mol. The van der Waals surface area contributed by atoms with E-state index in [9.17, 15) is 13.6 Å². The van der Waals surface area contributed by atoms with Crippen LogP contribution in [0.4, 0.5) is 8.78 Å². The molecule has 29 heavy (non-hydrogen) atoms. The van der Waals surface area contributed by atoms with Crippen LogP contribution >= 0.6 is 0 Å². The molecule has 0 aliphatic carbocycles. The zero-order valence-electron chi connectivity index (χ0n) is 16.5. The van der Waals surface area contributed by atoms with Crippen molar-refractivity contribution in [2.24, 2.45) is 5.92 Å². The first-order chi connectivity index (χ1) is 13.9. The average Bonchev–Trinajstić information content (AvgIpc) is 3.11. The first-order valence-electron chi connectivity index (χ1n) is 9.85. The molecule has 0 N–H and O–H groups in total. The van der Waals surface area contributed by atoms with Gasteiger partial charge in [-0.25, -0.2) is 13.8 Å². The summed E-state index contributed by atoms with van der Waals surface area (Å²) >= 11 is 0. The second-order valence-electron chi connectivity index (χ2n) is 7.70. The summed E-state index contributed by atoms with van der Waals surface area (Å²) in [4.78, 5) is 19.2. The van der Waals surface area contributed by atoms with E-state index in [1.165, 1.54) is 18.2 Å². The number of nitrogens with zero attached hydrogens (tertiary/aromatic N) is 5. The number of fused-ring (bicyclic) bond motifs is 1. The summed E-state index contributed by atoms with van der Waals surface area (Å²) in [6.45, 7) is 4.94. The molecule has 1 fully saturated rings. The van der Waals surface area contributed by atoms with Crippen molar-refractivity contribution in [3.63, 3.8) is 0 Å². The third kappa shape index (κ3) is 3.83. The molecule has 1 atom stereocenters. The number of benzene rings is 1. The standard InChI is InChI=1S/C21H23F2N5O/c1-13-11-14(2)28-19(25-26-21(28)24-13)20(29)27-10-4-5-15(12-27)8-9-16-17(22)6-3-7-18(16)23/h3,6-7,11,15H,4-5,8-10,12H2,1-2H3. The maximum atomic E-state index is 13.9. The van der Waals surface area contributed by atoms with E-state index >= 15 is 0 Å². The van der Waals surface area contributed by atoms with Crippen LogP contribution in [0.15, 0.2) is 24.3 Å². The predicted molar refractivity (Wildman–Crippen MR) is 104 cm³/mol. The van der Waals surface area contributed by atoms with Crippen LogP contribution in [0.25, 0.3) is 5.78 Å². The quantitative estimate of drug-likeness (QED) is 0.674. The van der Waals surface area contributed by atoms with Crippen LogP contribution < -0.4 is 0 Å². The van der Waals surface area contributed by atoms with E-state index < -0.39 is 11.6 Å². The van der Waals surface area contributed by atoms with E-state index in [1.807, 2.05) is 19.9 Å². The smallest absolute Gasteiger partial charge is 0.292 e. The van der Waals surface area contributed by atoms with Crippen LogP contribution in [-0.4, -0.2) is 43.5 Å². The third-order valence-corrected chi connectivity index (χ3v) is 5.55. The normalized spacial score (nSPS) is 17.1. The second kappa shape index (κ2) is 7.85. The van der Waals surface area contributed by atoms with Crippen LogP contribution in [0.2, 0.25) is 0 Å². The van der Waals surface area contributed by atoms with E-state index in [4.69, 9.17) is 0 Å². The van der Waals surface area contributed by atoms with Gasteiger partial charge < -0.3 is 4.90 Å². The summed E-state index contributed by atoms with van der Waals surface area (Å²) in [6.07, 6.45) is 2.73. The lowest BCUT2D eigenvalue weighted by Gasteiger charge is -2.32. The molecule has 1 unspecified atom stereocenters. The molecule has 6 nitrogen and oxygen atoms in total. The molecule has 0 radical (unpaired) electrons. The monoisotopic (exact) mass is 399 g/mol. The zero-order chi connectivity index (χ0) is 20.5. The number of aryl methyl sites for hydroxylation is 2. The summed E-state index contributed by atoms with van der Waals surface area (Å²) in [5, 5.41) is 8.12. The van der Waals surface area contributed by atoms with E-state index in [-0.39, 0.29) is 23.2 Å². The molecule has 1 amide bonds. The van der Waals surface area contributed by atoms with Gasteiger partial charge in [0.1, 0.15) is 11.6 Å². The maximum absolute atomic E-state index is 13.9. The van der Waals surface area contributed by atoms with E-state index in [0.717, 1.165) is 24.2 Å². The van der Waals surface area contributed by atoms with Gasteiger partial charge in [0.15, 0.2) is 0 Å². The zero-order valence-corrected chi connectivity index (χ0v) is 16.5. The Bertz CT molecular complexity index is 1040. The van der Waals surface area contributed by atoms with Gasteiger partial charge >= 0.3 is 0 Å². The Balaban J connectivity index is 1.48. The number of halogens is 2. The summed E-state index contributed by atoms with van der Waals surface area (Å²) in [6, 6.07) is 5.82. The molecule has 8 heteroatoms. The molecule has 3 aromatic rings. The van der Waals surface area contributed by atoms with Gasteiger partial charge in [-0.05, 0) is 63.6 Å². The van der Waals surface area contributed by atoms with E-state index in [2.05, 4.69) is 15.2 Å². The summed E-state index contributed by atoms with van der Waals surface area (Å²) in [5.41, 5.74) is 1.79. The molecule has 2 aromatic heterocycles. The van der Waals surface area contributed by atoms with Crippen molar-refractivity contribution in [2.75, 3.05) is 13.1 Å². The van der Waals surface area contributed by atoms with Crippen molar-refractivity contribution in [3.8, 4) is 0 Å². The van der Waals surface area contributed by atoms with Crippen molar-refractivity contribution < 1.29 is 13.6 Å². The lowest BCUT2D eigenvalue weighted by molar-refractivity contribution is 0.0654. The highest BCUT2D eigenvalue weighted by Gasteiger charge is 2.28. The number of carbonyl (C=O) groups excluding carboxylic acids is 1. The maximum Gasteiger partial charge on any atom is 0.292 e. The Hall–Kier alpha value is -2.90. The van der Waals surface area contributed by atoms with Crippen LogP contribution in [0, 0.1) is 31.4 Å². The van der Waals surface area contributed by atoms with Crippen molar-refractivity contribution in [2.45, 2.75) is 39.5 Å². The fraction of sp³-hybridized carbons (Fsp3) is 0.429. The highest BCUT2D eigenvalue weighted by Crippen LogP contribution is 2.24. The number of amides is 1. The SMILES string of the molecule is Cc1cc(C)n2c(C(=O)N3CCCC(CCc4c(F)cccc4F)C3)nnc2n1. The molecular weight excluding hydrogens is 376 g/mol. The number of hydrogen-bond acceptors (Lipinski definition) is 4.